The molecular formula is C26H27N5O2S. The molecule has 2 amide bonds. The number of carbonyl (C=O) groups excluding carboxylic acids is 2. The number of hydrogen-bond donors (Lipinski definition) is 2. The van der Waals surface area contributed by atoms with Crippen LogP contribution in [-0.2, 0) is 22.6 Å². The lowest BCUT2D eigenvalue weighted by Gasteiger charge is -2.10. The van der Waals surface area contributed by atoms with Crippen molar-refractivity contribution in [3.05, 3.63) is 77.6 Å². The Labute approximate surface area is 203 Å². The number of nitrogens with zero attached hydrogens (tertiary/aromatic N) is 3. The van der Waals surface area contributed by atoms with E-state index in [1.807, 2.05) is 86.0 Å². The number of carbonyl (C=O) groups is 2. The van der Waals surface area contributed by atoms with Gasteiger partial charge in [0.2, 0.25) is 11.8 Å². The normalized spacial score (nSPS) is 10.9. The summed E-state index contributed by atoms with van der Waals surface area (Å²) in [4.78, 5) is 25.1. The molecule has 0 saturated carbocycles. The van der Waals surface area contributed by atoms with Gasteiger partial charge in [0.25, 0.3) is 0 Å². The summed E-state index contributed by atoms with van der Waals surface area (Å²) in [5.74, 6) is 0.488. The number of hydrogen-bond acceptors (Lipinski definition) is 5. The van der Waals surface area contributed by atoms with Crippen molar-refractivity contribution in [3.8, 4) is 0 Å². The molecule has 0 aliphatic rings. The standard InChI is InChI=1S/C26H27N5O2S/c1-4-31-23(15-24(32)28-22-12-9-17(2)13-18(22)3)29-30-26(31)34-16-25(33)27-21-11-10-19-7-5-6-8-20(19)14-21/h5-14H,4,15-16H2,1-3H3,(H,27,33)(H,28,32). The molecule has 0 aliphatic carbocycles. The van der Waals surface area contributed by atoms with Crippen LogP contribution in [-0.4, -0.2) is 32.3 Å². The molecule has 2 N–H and O–H groups in total. The minimum Gasteiger partial charge on any atom is -0.325 e. The van der Waals surface area contributed by atoms with Crippen molar-refractivity contribution in [1.29, 1.82) is 0 Å². The minimum absolute atomic E-state index is 0.109. The van der Waals surface area contributed by atoms with Gasteiger partial charge < -0.3 is 15.2 Å². The third kappa shape index (κ3) is 5.63. The highest BCUT2D eigenvalue weighted by atomic mass is 32.2. The van der Waals surface area contributed by atoms with Gasteiger partial charge in [0.1, 0.15) is 5.82 Å². The summed E-state index contributed by atoms with van der Waals surface area (Å²) in [6.45, 7) is 6.56. The number of aryl methyl sites for hydroxylation is 2. The molecule has 1 aromatic heterocycles. The fraction of sp³-hybridized carbons (Fsp3) is 0.231. The molecule has 4 rings (SSSR count). The molecule has 1 heterocycles. The van der Waals surface area contributed by atoms with Crippen LogP contribution in [0.3, 0.4) is 0 Å². The maximum Gasteiger partial charge on any atom is 0.234 e. The Balaban J connectivity index is 1.35. The summed E-state index contributed by atoms with van der Waals surface area (Å²) in [5.41, 5.74) is 3.70. The Bertz CT molecular complexity index is 1350. The highest BCUT2D eigenvalue weighted by Crippen LogP contribution is 2.21. The Morgan fingerprint density at radius 2 is 1.71 bits per heavy atom. The lowest BCUT2D eigenvalue weighted by atomic mass is 10.1. The summed E-state index contributed by atoms with van der Waals surface area (Å²) in [6.07, 6.45) is 0.109. The van der Waals surface area contributed by atoms with E-state index in [-0.39, 0.29) is 24.0 Å². The van der Waals surface area contributed by atoms with Gasteiger partial charge in [0.05, 0.1) is 12.2 Å². The number of fused-ring (bicyclic) bond motifs is 1. The summed E-state index contributed by atoms with van der Waals surface area (Å²) in [7, 11) is 0. The van der Waals surface area contributed by atoms with E-state index in [0.29, 0.717) is 17.5 Å². The third-order valence-corrected chi connectivity index (χ3v) is 6.42. The zero-order valence-corrected chi connectivity index (χ0v) is 20.3. The lowest BCUT2D eigenvalue weighted by Crippen LogP contribution is -2.18. The van der Waals surface area contributed by atoms with Crippen LogP contribution in [0.4, 0.5) is 11.4 Å². The molecule has 0 bridgehead atoms. The first kappa shape index (κ1) is 23.5. The first-order valence-corrected chi connectivity index (χ1v) is 12.1. The largest absolute Gasteiger partial charge is 0.325 e. The average Bonchev–Trinajstić information content (AvgIpc) is 3.20. The van der Waals surface area contributed by atoms with Crippen molar-refractivity contribution >= 4 is 45.7 Å². The quantitative estimate of drug-likeness (QED) is 0.352. The minimum atomic E-state index is -0.153. The molecule has 0 fully saturated rings. The third-order valence-electron chi connectivity index (χ3n) is 5.45. The van der Waals surface area contributed by atoms with Crippen LogP contribution in [0, 0.1) is 13.8 Å². The average molecular weight is 474 g/mol. The van der Waals surface area contributed by atoms with Gasteiger partial charge in [-0.15, -0.1) is 10.2 Å². The highest BCUT2D eigenvalue weighted by molar-refractivity contribution is 7.99. The molecule has 0 aliphatic heterocycles. The molecule has 34 heavy (non-hydrogen) atoms. The summed E-state index contributed by atoms with van der Waals surface area (Å²) in [6, 6.07) is 19.8. The maximum absolute atomic E-state index is 12.6. The topological polar surface area (TPSA) is 88.9 Å². The van der Waals surface area contributed by atoms with E-state index in [2.05, 4.69) is 20.8 Å². The van der Waals surface area contributed by atoms with Gasteiger partial charge in [0.15, 0.2) is 5.16 Å². The van der Waals surface area contributed by atoms with E-state index in [1.54, 1.807) is 0 Å². The zero-order valence-electron chi connectivity index (χ0n) is 19.5. The van der Waals surface area contributed by atoms with E-state index >= 15 is 0 Å². The first-order chi connectivity index (χ1) is 16.4. The fourth-order valence-corrected chi connectivity index (χ4v) is 4.58. The number of rotatable bonds is 8. The van der Waals surface area contributed by atoms with E-state index < -0.39 is 0 Å². The molecule has 0 unspecified atom stereocenters. The van der Waals surface area contributed by atoms with Crippen molar-refractivity contribution in [2.24, 2.45) is 0 Å². The predicted molar refractivity (Wildman–Crippen MR) is 137 cm³/mol. The predicted octanol–water partition coefficient (Wildman–Crippen LogP) is 4.98. The number of thioether (sulfide) groups is 1. The van der Waals surface area contributed by atoms with Gasteiger partial charge in [-0.25, -0.2) is 0 Å². The van der Waals surface area contributed by atoms with E-state index in [1.165, 1.54) is 11.8 Å². The maximum atomic E-state index is 12.6. The number of amides is 2. The van der Waals surface area contributed by atoms with Crippen LogP contribution < -0.4 is 10.6 Å². The second kappa shape index (κ2) is 10.5. The molecule has 7 nitrogen and oxygen atoms in total. The van der Waals surface area contributed by atoms with Crippen LogP contribution in [0.25, 0.3) is 10.8 Å². The first-order valence-electron chi connectivity index (χ1n) is 11.1. The van der Waals surface area contributed by atoms with Crippen molar-refractivity contribution in [3.63, 3.8) is 0 Å². The van der Waals surface area contributed by atoms with Crippen LogP contribution >= 0.6 is 11.8 Å². The van der Waals surface area contributed by atoms with Crippen molar-refractivity contribution < 1.29 is 9.59 Å². The van der Waals surface area contributed by atoms with Gasteiger partial charge in [-0.3, -0.25) is 9.59 Å². The molecule has 0 radical (unpaired) electrons. The van der Waals surface area contributed by atoms with Crippen LogP contribution in [0.1, 0.15) is 23.9 Å². The number of benzene rings is 3. The van der Waals surface area contributed by atoms with Crippen molar-refractivity contribution in [2.75, 3.05) is 16.4 Å². The molecule has 0 saturated heterocycles. The Morgan fingerprint density at radius 1 is 0.912 bits per heavy atom. The summed E-state index contributed by atoms with van der Waals surface area (Å²) >= 11 is 1.30. The van der Waals surface area contributed by atoms with E-state index in [4.69, 9.17) is 0 Å². The fourth-order valence-electron chi connectivity index (χ4n) is 3.76. The van der Waals surface area contributed by atoms with Crippen molar-refractivity contribution in [1.82, 2.24) is 14.8 Å². The van der Waals surface area contributed by atoms with Crippen LogP contribution in [0.5, 0.6) is 0 Å². The monoisotopic (exact) mass is 473 g/mol. The zero-order chi connectivity index (χ0) is 24.1. The smallest absolute Gasteiger partial charge is 0.234 e. The van der Waals surface area contributed by atoms with Crippen molar-refractivity contribution in [2.45, 2.75) is 38.9 Å². The Morgan fingerprint density at radius 3 is 2.47 bits per heavy atom. The van der Waals surface area contributed by atoms with Gasteiger partial charge in [-0.1, -0.05) is 59.8 Å². The number of nitrogens with one attached hydrogen (secondary N) is 2. The second-order valence-electron chi connectivity index (χ2n) is 8.09. The summed E-state index contributed by atoms with van der Waals surface area (Å²) in [5, 5.41) is 17.1. The van der Waals surface area contributed by atoms with Gasteiger partial charge in [-0.2, -0.15) is 0 Å². The van der Waals surface area contributed by atoms with E-state index in [9.17, 15) is 9.59 Å². The van der Waals surface area contributed by atoms with Crippen LogP contribution in [0.2, 0.25) is 0 Å². The van der Waals surface area contributed by atoms with Crippen LogP contribution in [0.15, 0.2) is 65.8 Å². The number of aromatic nitrogens is 3. The molecule has 4 aromatic rings. The van der Waals surface area contributed by atoms with Gasteiger partial charge in [0, 0.05) is 17.9 Å². The SMILES string of the molecule is CCn1c(CC(=O)Nc2ccc(C)cc2C)nnc1SCC(=O)Nc1ccc2ccccc2c1. The summed E-state index contributed by atoms with van der Waals surface area (Å²) < 4.78 is 1.87. The molecular weight excluding hydrogens is 446 g/mol. The van der Waals surface area contributed by atoms with E-state index in [0.717, 1.165) is 33.3 Å². The Hall–Kier alpha value is -3.65. The molecule has 3 aromatic carbocycles. The molecule has 174 valence electrons. The Kier molecular flexibility index (Phi) is 7.27. The molecule has 8 heteroatoms. The molecule has 0 spiro atoms. The highest BCUT2D eigenvalue weighted by Gasteiger charge is 2.16. The lowest BCUT2D eigenvalue weighted by molar-refractivity contribution is -0.116. The van der Waals surface area contributed by atoms with Gasteiger partial charge >= 0.3 is 0 Å². The van der Waals surface area contributed by atoms with Gasteiger partial charge in [-0.05, 0) is 55.3 Å². The number of anilines is 2. The second-order valence-corrected chi connectivity index (χ2v) is 9.03. The molecule has 0 atom stereocenters.